The molecule has 0 aliphatic heterocycles. The number of hydrogen-bond donors (Lipinski definition) is 1. The van der Waals surface area contributed by atoms with Gasteiger partial charge in [-0.15, -0.1) is 4.89 Å². The molecule has 0 rings (SSSR count). The fourth-order valence-corrected chi connectivity index (χ4v) is 0.679. The third kappa shape index (κ3) is 4.25. The SMILES string of the molecule is O=C(O[P+](=O)O)C(Cl)(Cl)Cl. The largest absolute Gasteiger partial charge is 0.750 e. The molecule has 1 N–H and O–H groups in total. The van der Waals surface area contributed by atoms with Crippen molar-refractivity contribution in [1.82, 2.24) is 0 Å². The molecule has 10 heavy (non-hydrogen) atoms. The van der Waals surface area contributed by atoms with Crippen molar-refractivity contribution in [3.8, 4) is 0 Å². The van der Waals surface area contributed by atoms with E-state index in [0.29, 0.717) is 0 Å². The lowest BCUT2D eigenvalue weighted by Gasteiger charge is -2.00. The molecule has 0 aromatic heterocycles. The van der Waals surface area contributed by atoms with E-state index >= 15 is 0 Å². The second-order valence-corrected chi connectivity index (χ2v) is 4.05. The van der Waals surface area contributed by atoms with Crippen LogP contribution in [0.5, 0.6) is 0 Å². The molecule has 0 aromatic carbocycles. The second kappa shape index (κ2) is 3.69. The van der Waals surface area contributed by atoms with Crippen LogP contribution in [-0.2, 0) is 13.9 Å². The standard InChI is InChI=1S/C2Cl3O4P/c3-2(4,5)1(6)9-10(7)8/p+1. The fourth-order valence-electron chi connectivity index (χ4n) is 0.123. The Bertz CT molecular complexity index is 162. The van der Waals surface area contributed by atoms with Gasteiger partial charge in [-0.1, -0.05) is 34.8 Å². The zero-order chi connectivity index (χ0) is 8.36. The van der Waals surface area contributed by atoms with E-state index in [1.165, 1.54) is 0 Å². The van der Waals surface area contributed by atoms with Crippen molar-refractivity contribution in [2.75, 3.05) is 0 Å². The molecule has 1 atom stereocenters. The van der Waals surface area contributed by atoms with Crippen LogP contribution in [0.3, 0.4) is 0 Å². The molecular formula is C2HCl3O4P+. The Morgan fingerprint density at radius 3 is 2.00 bits per heavy atom. The fraction of sp³-hybridized carbons (Fsp3) is 0.500. The molecule has 0 radical (unpaired) electrons. The minimum atomic E-state index is -3.06. The minimum absolute atomic E-state index is 1.37. The average Bonchev–Trinajstić information content (AvgIpc) is 1.60. The van der Waals surface area contributed by atoms with Crippen molar-refractivity contribution < 1.29 is 18.8 Å². The van der Waals surface area contributed by atoms with Crippen molar-refractivity contribution >= 4 is 49.0 Å². The van der Waals surface area contributed by atoms with Crippen LogP contribution in [0, 0.1) is 0 Å². The lowest BCUT2D eigenvalue weighted by molar-refractivity contribution is -0.133. The van der Waals surface area contributed by atoms with Crippen molar-refractivity contribution in [1.29, 1.82) is 0 Å². The van der Waals surface area contributed by atoms with Gasteiger partial charge in [0.15, 0.2) is 0 Å². The van der Waals surface area contributed by atoms with E-state index in [9.17, 15) is 9.36 Å². The molecule has 0 saturated heterocycles. The van der Waals surface area contributed by atoms with Crippen LogP contribution in [-0.4, -0.2) is 14.7 Å². The first kappa shape index (κ1) is 10.4. The molecule has 4 nitrogen and oxygen atoms in total. The maximum absolute atomic E-state index is 10.3. The minimum Gasteiger partial charge on any atom is -0.241 e. The summed E-state index contributed by atoms with van der Waals surface area (Å²) >= 11 is 14.8. The van der Waals surface area contributed by atoms with Gasteiger partial charge in [-0.25, -0.2) is 4.79 Å². The molecule has 0 heterocycles. The number of hydrogen-bond acceptors (Lipinski definition) is 3. The molecule has 0 fully saturated rings. The van der Waals surface area contributed by atoms with Gasteiger partial charge in [0.25, 0.3) is 3.79 Å². The van der Waals surface area contributed by atoms with E-state index < -0.39 is 18.0 Å². The number of alkyl halides is 3. The van der Waals surface area contributed by atoms with Gasteiger partial charge in [0.1, 0.15) is 0 Å². The zero-order valence-corrected chi connectivity index (χ0v) is 7.42. The van der Waals surface area contributed by atoms with E-state index in [1.807, 2.05) is 0 Å². The van der Waals surface area contributed by atoms with E-state index in [4.69, 9.17) is 39.7 Å². The van der Waals surface area contributed by atoms with Crippen LogP contribution in [0.25, 0.3) is 0 Å². The summed E-state index contributed by atoms with van der Waals surface area (Å²) in [5.74, 6) is -1.37. The van der Waals surface area contributed by atoms with Crippen LogP contribution in [0.4, 0.5) is 0 Å². The Balaban J connectivity index is 3.99. The molecule has 8 heteroatoms. The Labute approximate surface area is 72.0 Å². The molecule has 0 aliphatic carbocycles. The second-order valence-electron chi connectivity index (χ2n) is 1.11. The third-order valence-corrected chi connectivity index (χ3v) is 1.18. The van der Waals surface area contributed by atoms with Gasteiger partial charge in [0.05, 0.1) is 0 Å². The first-order chi connectivity index (χ1) is 4.34. The summed E-state index contributed by atoms with van der Waals surface area (Å²) in [6.45, 7) is 0. The van der Waals surface area contributed by atoms with Crippen molar-refractivity contribution in [2.24, 2.45) is 0 Å². The highest BCUT2D eigenvalue weighted by Crippen LogP contribution is 2.31. The van der Waals surface area contributed by atoms with E-state index in [2.05, 4.69) is 4.52 Å². The molecule has 0 saturated carbocycles. The van der Waals surface area contributed by atoms with Gasteiger partial charge in [-0.2, -0.15) is 4.52 Å². The third-order valence-electron chi connectivity index (χ3n) is 0.392. The van der Waals surface area contributed by atoms with E-state index in [-0.39, 0.29) is 0 Å². The van der Waals surface area contributed by atoms with Gasteiger partial charge in [-0.05, 0) is 0 Å². The molecule has 0 aromatic rings. The van der Waals surface area contributed by atoms with Crippen LogP contribution in [0.1, 0.15) is 0 Å². The van der Waals surface area contributed by atoms with Crippen molar-refractivity contribution in [2.45, 2.75) is 3.79 Å². The van der Waals surface area contributed by atoms with Crippen molar-refractivity contribution in [3.05, 3.63) is 0 Å². The highest BCUT2D eigenvalue weighted by Gasteiger charge is 2.39. The lowest BCUT2D eigenvalue weighted by atomic mass is 10.8. The Morgan fingerprint density at radius 2 is 1.90 bits per heavy atom. The summed E-state index contributed by atoms with van der Waals surface area (Å²) in [7, 11) is -3.06. The quantitative estimate of drug-likeness (QED) is 0.544. The first-order valence-electron chi connectivity index (χ1n) is 1.79. The number of carbonyl (C=O) groups excluding carboxylic acids is 1. The van der Waals surface area contributed by atoms with Gasteiger partial charge >= 0.3 is 14.2 Å². The molecule has 0 amide bonds. The Kier molecular flexibility index (Phi) is 3.84. The zero-order valence-electron chi connectivity index (χ0n) is 4.25. The maximum atomic E-state index is 10.3. The predicted molar refractivity (Wildman–Crippen MR) is 36.2 cm³/mol. The smallest absolute Gasteiger partial charge is 0.241 e. The summed E-state index contributed by atoms with van der Waals surface area (Å²) in [5.41, 5.74) is 0. The van der Waals surface area contributed by atoms with Gasteiger partial charge in [-0.3, -0.25) is 0 Å². The summed E-state index contributed by atoms with van der Waals surface area (Å²) in [6.07, 6.45) is 0. The predicted octanol–water partition coefficient (Wildman–Crippen LogP) is 1.55. The Morgan fingerprint density at radius 1 is 1.50 bits per heavy atom. The number of halogens is 3. The first-order valence-corrected chi connectivity index (χ1v) is 4.05. The number of carbonyl (C=O) groups is 1. The summed E-state index contributed by atoms with van der Waals surface area (Å²) < 4.78 is 11.1. The summed E-state index contributed by atoms with van der Waals surface area (Å²) in [6, 6.07) is 0. The van der Waals surface area contributed by atoms with Crippen LogP contribution >= 0.6 is 43.1 Å². The van der Waals surface area contributed by atoms with Gasteiger partial charge < -0.3 is 0 Å². The van der Waals surface area contributed by atoms with E-state index in [1.54, 1.807) is 0 Å². The molecule has 0 bridgehead atoms. The van der Waals surface area contributed by atoms with Gasteiger partial charge in [0, 0.05) is 4.57 Å². The summed E-state index contributed by atoms with van der Waals surface area (Å²) in [4.78, 5) is 18.3. The average molecular weight is 226 g/mol. The molecule has 1 unspecified atom stereocenters. The maximum Gasteiger partial charge on any atom is 0.750 e. The molecule has 0 aliphatic rings. The molecule has 58 valence electrons. The topological polar surface area (TPSA) is 63.6 Å². The normalized spacial score (nSPS) is 12.6. The molecular weight excluding hydrogens is 225 g/mol. The van der Waals surface area contributed by atoms with Gasteiger partial charge in [0.2, 0.25) is 0 Å². The van der Waals surface area contributed by atoms with Crippen LogP contribution < -0.4 is 0 Å². The summed E-state index contributed by atoms with van der Waals surface area (Å²) in [5, 5.41) is 0. The van der Waals surface area contributed by atoms with Crippen LogP contribution in [0.2, 0.25) is 0 Å². The molecule has 0 spiro atoms. The highest BCUT2D eigenvalue weighted by atomic mass is 35.6. The Hall–Kier alpha value is 0.400. The van der Waals surface area contributed by atoms with E-state index in [0.717, 1.165) is 0 Å². The van der Waals surface area contributed by atoms with Crippen molar-refractivity contribution in [3.63, 3.8) is 0 Å². The van der Waals surface area contributed by atoms with Crippen LogP contribution in [0.15, 0.2) is 0 Å². The highest BCUT2D eigenvalue weighted by molar-refractivity contribution is 7.33. The lowest BCUT2D eigenvalue weighted by Crippen LogP contribution is -2.18. The monoisotopic (exact) mass is 225 g/mol. The number of rotatable bonds is 1.